The first kappa shape index (κ1) is 15.3. The number of aromatic nitrogens is 2. The Balaban J connectivity index is 2.32. The summed E-state index contributed by atoms with van der Waals surface area (Å²) in [6.45, 7) is 4.87. The lowest BCUT2D eigenvalue weighted by Crippen LogP contribution is -2.41. The largest absolute Gasteiger partial charge is 0.381 e. The average Bonchev–Trinajstić information content (AvgIpc) is 2.82. The fourth-order valence-electron chi connectivity index (χ4n) is 2.90. The third-order valence-corrected chi connectivity index (χ3v) is 6.00. The van der Waals surface area contributed by atoms with Crippen LogP contribution in [0.2, 0.25) is 0 Å². The lowest BCUT2D eigenvalue weighted by molar-refractivity contribution is 0.261. The van der Waals surface area contributed by atoms with Gasteiger partial charge >= 0.3 is 0 Å². The minimum absolute atomic E-state index is 0.0982. The molecular weight excluding hydrogens is 276 g/mol. The summed E-state index contributed by atoms with van der Waals surface area (Å²) in [5, 5.41) is 4.05. The van der Waals surface area contributed by atoms with E-state index < -0.39 is 10.0 Å². The number of nitrogens with zero attached hydrogens (tertiary/aromatic N) is 3. The molecule has 1 heterocycles. The summed E-state index contributed by atoms with van der Waals surface area (Å²) in [4.78, 5) is 0.145. The first-order chi connectivity index (χ1) is 9.50. The minimum Gasteiger partial charge on any atom is -0.381 e. The lowest BCUT2D eigenvalue weighted by atomic mass is 9.95. The van der Waals surface area contributed by atoms with Gasteiger partial charge in [-0.25, -0.2) is 8.42 Å². The predicted octanol–water partition coefficient (Wildman–Crippen LogP) is 1.83. The second kappa shape index (κ2) is 6.13. The van der Waals surface area contributed by atoms with Crippen molar-refractivity contribution in [2.45, 2.75) is 63.4 Å². The van der Waals surface area contributed by atoms with Crippen molar-refractivity contribution >= 4 is 15.8 Å². The van der Waals surface area contributed by atoms with E-state index in [1.165, 1.54) is 12.6 Å². The molecule has 0 bridgehead atoms. The van der Waals surface area contributed by atoms with Crippen molar-refractivity contribution in [3.63, 3.8) is 0 Å². The lowest BCUT2D eigenvalue weighted by Gasteiger charge is -2.32. The van der Waals surface area contributed by atoms with Crippen molar-refractivity contribution in [1.82, 2.24) is 14.1 Å². The van der Waals surface area contributed by atoms with Crippen LogP contribution in [0, 0.1) is 0 Å². The zero-order chi connectivity index (χ0) is 14.8. The Labute approximate surface area is 121 Å². The molecule has 0 radical (unpaired) electrons. The van der Waals surface area contributed by atoms with Gasteiger partial charge in [-0.1, -0.05) is 26.2 Å². The van der Waals surface area contributed by atoms with Crippen LogP contribution in [0.25, 0.3) is 0 Å². The molecule has 0 unspecified atom stereocenters. The highest BCUT2D eigenvalue weighted by Crippen LogP contribution is 2.29. The summed E-state index contributed by atoms with van der Waals surface area (Å²) in [6, 6.07) is 0.100. The maximum Gasteiger partial charge on any atom is 0.248 e. The van der Waals surface area contributed by atoms with E-state index >= 15 is 0 Å². The van der Waals surface area contributed by atoms with Crippen molar-refractivity contribution in [3.8, 4) is 0 Å². The quantitative estimate of drug-likeness (QED) is 0.899. The van der Waals surface area contributed by atoms with Crippen LogP contribution in [-0.2, 0) is 16.6 Å². The zero-order valence-corrected chi connectivity index (χ0v) is 13.1. The van der Waals surface area contributed by atoms with Gasteiger partial charge in [-0.2, -0.15) is 9.40 Å². The summed E-state index contributed by atoms with van der Waals surface area (Å²) < 4.78 is 28.8. The smallest absolute Gasteiger partial charge is 0.248 e. The normalized spacial score (nSPS) is 17.8. The van der Waals surface area contributed by atoms with E-state index in [2.05, 4.69) is 5.10 Å². The summed E-state index contributed by atoms with van der Waals surface area (Å²) in [7, 11) is -3.55. The van der Waals surface area contributed by atoms with Gasteiger partial charge in [0, 0.05) is 25.3 Å². The molecule has 6 nitrogen and oxygen atoms in total. The molecule has 0 amide bonds. The second-order valence-electron chi connectivity index (χ2n) is 5.23. The first-order valence-electron chi connectivity index (χ1n) is 7.35. The fraction of sp³-hybridized carbons (Fsp3) is 0.769. The van der Waals surface area contributed by atoms with E-state index in [0.29, 0.717) is 13.1 Å². The molecule has 114 valence electrons. The molecule has 1 aromatic rings. The molecule has 0 aliphatic heterocycles. The van der Waals surface area contributed by atoms with Crippen molar-refractivity contribution in [2.75, 3.05) is 12.3 Å². The van der Waals surface area contributed by atoms with Crippen LogP contribution in [0.15, 0.2) is 11.1 Å². The van der Waals surface area contributed by atoms with Crippen LogP contribution < -0.4 is 5.73 Å². The summed E-state index contributed by atoms with van der Waals surface area (Å²) in [6.07, 6.45) is 6.81. The van der Waals surface area contributed by atoms with Gasteiger partial charge in [-0.15, -0.1) is 0 Å². The van der Waals surface area contributed by atoms with Gasteiger partial charge in [0.25, 0.3) is 0 Å². The molecule has 2 rings (SSSR count). The highest BCUT2D eigenvalue weighted by molar-refractivity contribution is 7.89. The molecule has 1 fully saturated rings. The van der Waals surface area contributed by atoms with Gasteiger partial charge in [-0.05, 0) is 19.8 Å². The van der Waals surface area contributed by atoms with Gasteiger partial charge < -0.3 is 5.73 Å². The number of hydrogen-bond acceptors (Lipinski definition) is 4. The number of nitrogen functional groups attached to an aromatic ring is 1. The van der Waals surface area contributed by atoms with Crippen LogP contribution in [0.1, 0.15) is 46.0 Å². The third kappa shape index (κ3) is 2.83. The van der Waals surface area contributed by atoms with Gasteiger partial charge in [0.2, 0.25) is 10.0 Å². The van der Waals surface area contributed by atoms with Crippen LogP contribution in [0.3, 0.4) is 0 Å². The SMILES string of the molecule is CCN(C1CCCCC1)S(=O)(=O)c1cn(CC)nc1N. The van der Waals surface area contributed by atoms with Crippen LogP contribution in [-0.4, -0.2) is 35.1 Å². The molecule has 7 heteroatoms. The molecule has 0 saturated heterocycles. The third-order valence-electron chi connectivity index (χ3n) is 3.96. The van der Waals surface area contributed by atoms with Crippen molar-refractivity contribution in [2.24, 2.45) is 0 Å². The molecule has 2 N–H and O–H groups in total. The topological polar surface area (TPSA) is 81.2 Å². The van der Waals surface area contributed by atoms with E-state index in [1.807, 2.05) is 13.8 Å². The molecule has 1 saturated carbocycles. The van der Waals surface area contributed by atoms with Gasteiger partial charge in [0.05, 0.1) is 0 Å². The average molecular weight is 300 g/mol. The highest BCUT2D eigenvalue weighted by atomic mass is 32.2. The molecule has 0 atom stereocenters. The van der Waals surface area contributed by atoms with E-state index in [1.54, 1.807) is 8.99 Å². The summed E-state index contributed by atoms with van der Waals surface area (Å²) >= 11 is 0. The maximum atomic E-state index is 12.8. The Hall–Kier alpha value is -1.08. The highest BCUT2D eigenvalue weighted by Gasteiger charge is 2.33. The Morgan fingerprint density at radius 3 is 2.50 bits per heavy atom. The Morgan fingerprint density at radius 1 is 1.35 bits per heavy atom. The molecule has 1 aliphatic carbocycles. The molecule has 20 heavy (non-hydrogen) atoms. The zero-order valence-electron chi connectivity index (χ0n) is 12.2. The van der Waals surface area contributed by atoms with Crippen molar-refractivity contribution in [1.29, 1.82) is 0 Å². The van der Waals surface area contributed by atoms with Crippen LogP contribution >= 0.6 is 0 Å². The van der Waals surface area contributed by atoms with Gasteiger partial charge in [0.1, 0.15) is 4.90 Å². The Kier molecular flexibility index (Phi) is 4.70. The molecule has 0 aromatic carbocycles. The van der Waals surface area contributed by atoms with Gasteiger partial charge in [0.15, 0.2) is 5.82 Å². The van der Waals surface area contributed by atoms with Crippen LogP contribution in [0.5, 0.6) is 0 Å². The maximum absolute atomic E-state index is 12.8. The monoisotopic (exact) mass is 300 g/mol. The summed E-state index contributed by atoms with van der Waals surface area (Å²) in [5.41, 5.74) is 5.79. The van der Waals surface area contributed by atoms with Crippen LogP contribution in [0.4, 0.5) is 5.82 Å². The molecule has 1 aliphatic rings. The number of anilines is 1. The number of rotatable bonds is 5. The predicted molar refractivity (Wildman–Crippen MR) is 78.8 cm³/mol. The number of aryl methyl sites for hydroxylation is 1. The molecule has 1 aromatic heterocycles. The Bertz CT molecular complexity index is 547. The number of sulfonamides is 1. The van der Waals surface area contributed by atoms with Crippen molar-refractivity contribution < 1.29 is 8.42 Å². The number of nitrogens with two attached hydrogens (primary N) is 1. The second-order valence-corrected chi connectivity index (χ2v) is 7.09. The van der Waals surface area contributed by atoms with Gasteiger partial charge in [-0.3, -0.25) is 4.68 Å². The van der Waals surface area contributed by atoms with E-state index in [0.717, 1.165) is 25.7 Å². The van der Waals surface area contributed by atoms with E-state index in [4.69, 9.17) is 5.73 Å². The summed E-state index contributed by atoms with van der Waals surface area (Å²) in [5.74, 6) is 0.0982. The van der Waals surface area contributed by atoms with Crippen molar-refractivity contribution in [3.05, 3.63) is 6.20 Å². The number of hydrogen-bond donors (Lipinski definition) is 1. The fourth-order valence-corrected chi connectivity index (χ4v) is 4.65. The minimum atomic E-state index is -3.55. The van der Waals surface area contributed by atoms with E-state index in [-0.39, 0.29) is 16.8 Å². The first-order valence-corrected chi connectivity index (χ1v) is 8.79. The standard InChI is InChI=1S/C13H24N4O2S/c1-3-16-10-12(13(14)15-16)20(18,19)17(4-2)11-8-6-5-7-9-11/h10-11H,3-9H2,1-2H3,(H2,14,15). The molecular formula is C13H24N4O2S. The Morgan fingerprint density at radius 2 is 2.00 bits per heavy atom. The molecule has 0 spiro atoms. The van der Waals surface area contributed by atoms with E-state index in [9.17, 15) is 8.42 Å².